The van der Waals surface area contributed by atoms with Gasteiger partial charge in [-0.15, -0.1) is 0 Å². The van der Waals surface area contributed by atoms with E-state index in [0.717, 1.165) is 56.3 Å². The van der Waals surface area contributed by atoms with Crippen LogP contribution in [-0.2, 0) is 5.41 Å². The topological polar surface area (TPSA) is 44.2 Å². The second-order valence-corrected chi connectivity index (χ2v) is 15.0. The van der Waals surface area contributed by atoms with Crippen molar-refractivity contribution in [2.75, 3.05) is 0 Å². The highest BCUT2D eigenvalue weighted by Crippen LogP contribution is 2.59. The highest BCUT2D eigenvalue weighted by molar-refractivity contribution is 6.08. The van der Waals surface area contributed by atoms with Crippen molar-refractivity contribution in [1.82, 2.24) is 9.97 Å². The van der Waals surface area contributed by atoms with Crippen LogP contribution in [0.3, 0.4) is 0 Å². The quantitative estimate of drug-likeness (QED) is 0.171. The fraction of sp³-hybridized carbons (Fsp3) is 0.0588. The third-order valence-corrected chi connectivity index (χ3v) is 11.3. The summed E-state index contributed by atoms with van der Waals surface area (Å²) in [6, 6.07) is 59.3. The van der Waals surface area contributed by atoms with Gasteiger partial charge in [0.2, 0.25) is 0 Å². The summed E-state index contributed by atoms with van der Waals surface area (Å²) in [5, 5.41) is 4.88. The molecular formula is C51H34N2O2. The van der Waals surface area contributed by atoms with E-state index in [0.29, 0.717) is 17.3 Å². The van der Waals surface area contributed by atoms with Crippen LogP contribution >= 0.6 is 0 Å². The molecule has 260 valence electrons. The second-order valence-electron chi connectivity index (χ2n) is 15.0. The van der Waals surface area contributed by atoms with Crippen molar-refractivity contribution in [3.63, 3.8) is 0 Å². The van der Waals surface area contributed by atoms with Crippen molar-refractivity contribution in [3.8, 4) is 79.2 Å². The molecule has 0 radical (unpaired) electrons. The van der Waals surface area contributed by atoms with E-state index in [1.54, 1.807) is 0 Å². The van der Waals surface area contributed by atoms with E-state index < -0.39 is 0 Å². The zero-order valence-electron chi connectivity index (χ0n) is 30.4. The monoisotopic (exact) mass is 706 g/mol. The molecule has 2 heterocycles. The lowest BCUT2D eigenvalue weighted by atomic mass is 9.82. The molecule has 4 nitrogen and oxygen atoms in total. The minimum Gasteiger partial charge on any atom is -0.449 e. The number of benzene rings is 8. The van der Waals surface area contributed by atoms with Crippen molar-refractivity contribution in [2.24, 2.45) is 0 Å². The maximum absolute atomic E-state index is 6.97. The Labute approximate surface area is 319 Å². The largest absolute Gasteiger partial charge is 0.449 e. The van der Waals surface area contributed by atoms with E-state index in [4.69, 9.17) is 19.4 Å². The number of para-hydroxylation sites is 1. The number of rotatable bonds is 4. The summed E-state index contributed by atoms with van der Waals surface area (Å²) in [4.78, 5) is 10.3. The van der Waals surface area contributed by atoms with Gasteiger partial charge in [-0.1, -0.05) is 153 Å². The SMILES string of the molecule is CC1(C)c2ccccc2-c2c1ccc1c2Oc2c(cccc2-c2cccc(-c3cc(-c4ccc5c(ccc6ccccc65)c4)nc(-c4ccccc4)n3)c2)O1. The summed E-state index contributed by atoms with van der Waals surface area (Å²) in [5.74, 6) is 3.58. The maximum atomic E-state index is 6.97. The molecule has 1 aliphatic heterocycles. The maximum Gasteiger partial charge on any atom is 0.178 e. The van der Waals surface area contributed by atoms with Gasteiger partial charge < -0.3 is 9.47 Å². The van der Waals surface area contributed by atoms with Crippen LogP contribution in [0.1, 0.15) is 25.0 Å². The third kappa shape index (κ3) is 4.99. The lowest BCUT2D eigenvalue weighted by Crippen LogP contribution is -2.15. The lowest BCUT2D eigenvalue weighted by Gasteiger charge is -2.26. The van der Waals surface area contributed by atoms with E-state index in [2.05, 4.69) is 147 Å². The molecule has 1 aromatic heterocycles. The summed E-state index contributed by atoms with van der Waals surface area (Å²) in [6.07, 6.45) is 0. The van der Waals surface area contributed by atoms with Gasteiger partial charge in [0.1, 0.15) is 0 Å². The number of nitrogens with zero attached hydrogens (tertiary/aromatic N) is 2. The van der Waals surface area contributed by atoms with E-state index >= 15 is 0 Å². The van der Waals surface area contributed by atoms with Crippen molar-refractivity contribution in [2.45, 2.75) is 19.3 Å². The van der Waals surface area contributed by atoms with Crippen LogP contribution in [0.2, 0.25) is 0 Å². The van der Waals surface area contributed by atoms with E-state index in [9.17, 15) is 0 Å². The normalized spacial score (nSPS) is 13.3. The number of hydrogen-bond acceptors (Lipinski definition) is 4. The fourth-order valence-electron chi connectivity index (χ4n) is 8.55. The van der Waals surface area contributed by atoms with E-state index in [1.807, 2.05) is 36.4 Å². The fourth-order valence-corrected chi connectivity index (χ4v) is 8.55. The first kappa shape index (κ1) is 31.5. The molecule has 4 heteroatoms. The predicted octanol–water partition coefficient (Wildman–Crippen LogP) is 13.7. The van der Waals surface area contributed by atoms with Crippen LogP contribution in [-0.4, -0.2) is 9.97 Å². The average Bonchev–Trinajstić information content (AvgIpc) is 3.48. The average molecular weight is 707 g/mol. The Balaban J connectivity index is 1.02. The zero-order valence-corrected chi connectivity index (χ0v) is 30.4. The molecule has 0 amide bonds. The molecule has 2 aliphatic rings. The molecule has 0 spiro atoms. The number of ether oxygens (including phenoxy) is 2. The summed E-state index contributed by atoms with van der Waals surface area (Å²) < 4.78 is 13.6. The van der Waals surface area contributed by atoms with Crippen LogP contribution < -0.4 is 9.47 Å². The first-order valence-corrected chi connectivity index (χ1v) is 18.7. The summed E-state index contributed by atoms with van der Waals surface area (Å²) >= 11 is 0. The molecule has 0 atom stereocenters. The highest BCUT2D eigenvalue weighted by Gasteiger charge is 2.39. The van der Waals surface area contributed by atoms with E-state index in [-0.39, 0.29) is 5.41 Å². The Morgan fingerprint density at radius 1 is 0.418 bits per heavy atom. The van der Waals surface area contributed by atoms with Gasteiger partial charge in [0.15, 0.2) is 28.8 Å². The third-order valence-electron chi connectivity index (χ3n) is 11.3. The Bertz CT molecular complexity index is 3020. The molecule has 11 rings (SSSR count). The van der Waals surface area contributed by atoms with Crippen molar-refractivity contribution < 1.29 is 9.47 Å². The van der Waals surface area contributed by atoms with Crippen LogP contribution in [0.25, 0.3) is 77.7 Å². The van der Waals surface area contributed by atoms with Gasteiger partial charge in [-0.25, -0.2) is 9.97 Å². The Kier molecular flexibility index (Phi) is 6.86. The molecule has 9 aromatic rings. The van der Waals surface area contributed by atoms with Gasteiger partial charge in [-0.05, 0) is 74.1 Å². The molecule has 0 fully saturated rings. The van der Waals surface area contributed by atoms with Gasteiger partial charge in [0.05, 0.1) is 11.4 Å². The Morgan fingerprint density at radius 3 is 1.98 bits per heavy atom. The van der Waals surface area contributed by atoms with Crippen molar-refractivity contribution in [1.29, 1.82) is 0 Å². The number of hydrogen-bond donors (Lipinski definition) is 0. The molecule has 1 aliphatic carbocycles. The summed E-state index contributed by atoms with van der Waals surface area (Å²) in [7, 11) is 0. The molecule has 0 unspecified atom stereocenters. The first-order valence-electron chi connectivity index (χ1n) is 18.7. The smallest absolute Gasteiger partial charge is 0.178 e. The molecule has 8 aromatic carbocycles. The van der Waals surface area contributed by atoms with Crippen LogP contribution in [0.4, 0.5) is 0 Å². The minimum absolute atomic E-state index is 0.144. The van der Waals surface area contributed by atoms with Crippen molar-refractivity contribution >= 4 is 21.5 Å². The van der Waals surface area contributed by atoms with Gasteiger partial charge >= 0.3 is 0 Å². The van der Waals surface area contributed by atoms with Gasteiger partial charge in [0, 0.05) is 33.2 Å². The molecule has 55 heavy (non-hydrogen) atoms. The summed E-state index contributed by atoms with van der Waals surface area (Å²) in [5.41, 5.74) is 11.4. The summed E-state index contributed by atoms with van der Waals surface area (Å²) in [6.45, 7) is 4.56. The predicted molar refractivity (Wildman–Crippen MR) is 223 cm³/mol. The van der Waals surface area contributed by atoms with Crippen LogP contribution in [0.15, 0.2) is 170 Å². The second kappa shape index (κ2) is 12.0. The highest BCUT2D eigenvalue weighted by atomic mass is 16.6. The minimum atomic E-state index is -0.144. The van der Waals surface area contributed by atoms with Crippen molar-refractivity contribution in [3.05, 3.63) is 181 Å². The van der Waals surface area contributed by atoms with Crippen LogP contribution in [0, 0.1) is 0 Å². The Morgan fingerprint density at radius 2 is 1.09 bits per heavy atom. The molecular weight excluding hydrogens is 673 g/mol. The molecule has 0 saturated carbocycles. The lowest BCUT2D eigenvalue weighted by molar-refractivity contribution is 0.361. The molecule has 0 N–H and O–H groups in total. The first-order chi connectivity index (χ1) is 27.0. The number of aromatic nitrogens is 2. The molecule has 0 bridgehead atoms. The number of fused-ring (bicyclic) bond motifs is 9. The Hall–Kier alpha value is -7.04. The zero-order chi connectivity index (χ0) is 36.7. The van der Waals surface area contributed by atoms with E-state index in [1.165, 1.54) is 38.2 Å². The van der Waals surface area contributed by atoms with Gasteiger partial charge in [-0.2, -0.15) is 0 Å². The molecule has 0 saturated heterocycles. The van der Waals surface area contributed by atoms with Gasteiger partial charge in [0.25, 0.3) is 0 Å². The standard InChI is InChI=1S/C51H34N2O2/c1-51(2)41-20-9-8-18-40(41)47-42(51)26-27-46-49(47)55-48-39(19-11-21-45(48)54-46)33-15-10-16-35(28-33)43-30-44(53-50(52-43)32-13-4-3-5-14-32)36-24-25-38-34(29-36)23-22-31-12-6-7-17-37(31)38/h3-30H,1-2H3. The van der Waals surface area contributed by atoms with Crippen LogP contribution in [0.5, 0.6) is 23.0 Å². The van der Waals surface area contributed by atoms with Gasteiger partial charge in [-0.3, -0.25) is 0 Å².